The van der Waals surface area contributed by atoms with Gasteiger partial charge in [0.15, 0.2) is 5.65 Å². The van der Waals surface area contributed by atoms with E-state index in [1.807, 2.05) is 0 Å². The smallest absolute Gasteiger partial charge is 0.341 e. The van der Waals surface area contributed by atoms with Gasteiger partial charge in [-0.1, -0.05) is 17.9 Å². The van der Waals surface area contributed by atoms with Crippen molar-refractivity contribution < 1.29 is 18.0 Å². The number of pyridine rings is 1. The molecular weight excluding hydrogens is 373 g/mol. The first-order valence-electron chi connectivity index (χ1n) is 8.17. The Balaban J connectivity index is 1.77. The van der Waals surface area contributed by atoms with Gasteiger partial charge < -0.3 is 5.32 Å². The molecule has 0 aliphatic rings. The van der Waals surface area contributed by atoms with Gasteiger partial charge in [0.05, 0.1) is 23.1 Å². The third-order valence-electron chi connectivity index (χ3n) is 3.95. The number of halogens is 3. The number of hydrogen-bond donors (Lipinski definition) is 2. The number of fused-ring (bicyclic) bond motifs is 1. The fourth-order valence-electron chi connectivity index (χ4n) is 2.70. The van der Waals surface area contributed by atoms with E-state index in [4.69, 9.17) is 0 Å². The molecule has 1 aromatic carbocycles. The molecule has 9 heteroatoms. The molecule has 3 aromatic rings. The van der Waals surface area contributed by atoms with Crippen LogP contribution in [0.2, 0.25) is 0 Å². The molecule has 0 spiro atoms. The van der Waals surface area contributed by atoms with Crippen molar-refractivity contribution in [1.82, 2.24) is 20.1 Å². The normalized spacial score (nSPS) is 11.2. The third kappa shape index (κ3) is 3.91. The molecule has 1 amide bonds. The molecule has 2 N–H and O–H groups in total. The first kappa shape index (κ1) is 19.2. The van der Waals surface area contributed by atoms with Gasteiger partial charge in [0.2, 0.25) is 0 Å². The fraction of sp³-hybridized carbons (Fsp3) is 0.211. The van der Waals surface area contributed by atoms with Crippen LogP contribution in [0, 0.1) is 18.8 Å². The van der Waals surface area contributed by atoms with Crippen LogP contribution in [0.1, 0.15) is 27.2 Å². The Morgan fingerprint density at radius 2 is 2.07 bits per heavy atom. The van der Waals surface area contributed by atoms with E-state index in [1.165, 1.54) is 22.9 Å². The van der Waals surface area contributed by atoms with Crippen molar-refractivity contribution in [3.05, 3.63) is 63.1 Å². The standard InChI is InChI=1S/C19H15F3N4O2/c1-11-9-14(15-16(24-11)26(2)25-18(15)28)17(27)23-8-4-6-12-5-3-7-13(10-12)19(20,21)22/h3,5,7,9-10H,8H2,1-2H3,(H,23,27)(H,25,28). The van der Waals surface area contributed by atoms with Crippen LogP contribution >= 0.6 is 0 Å². The SMILES string of the molecule is Cc1cc(C(=O)NCC#Cc2cccc(C(F)(F)F)c2)c2c(=O)[nH]n(C)c2n1. The summed E-state index contributed by atoms with van der Waals surface area (Å²) in [6.07, 6.45) is -4.45. The van der Waals surface area contributed by atoms with Gasteiger partial charge in [-0.2, -0.15) is 13.2 Å². The van der Waals surface area contributed by atoms with E-state index in [2.05, 4.69) is 27.2 Å². The van der Waals surface area contributed by atoms with Gasteiger partial charge in [0.1, 0.15) is 0 Å². The number of carbonyl (C=O) groups excluding carboxylic acids is 1. The lowest BCUT2D eigenvalue weighted by molar-refractivity contribution is -0.137. The largest absolute Gasteiger partial charge is 0.416 e. The van der Waals surface area contributed by atoms with Crippen LogP contribution in [0.5, 0.6) is 0 Å². The second-order valence-corrected chi connectivity index (χ2v) is 6.07. The van der Waals surface area contributed by atoms with Crippen molar-refractivity contribution in [1.29, 1.82) is 0 Å². The highest BCUT2D eigenvalue weighted by Gasteiger charge is 2.30. The molecule has 28 heavy (non-hydrogen) atoms. The Kier molecular flexibility index (Phi) is 4.96. The van der Waals surface area contributed by atoms with Crippen LogP contribution in [0.3, 0.4) is 0 Å². The molecule has 0 bridgehead atoms. The Morgan fingerprint density at radius 3 is 2.79 bits per heavy atom. The highest BCUT2D eigenvalue weighted by Crippen LogP contribution is 2.29. The van der Waals surface area contributed by atoms with E-state index < -0.39 is 23.2 Å². The Hall–Kier alpha value is -3.54. The number of alkyl halides is 3. The second kappa shape index (κ2) is 7.23. The molecule has 0 aliphatic heterocycles. The monoisotopic (exact) mass is 388 g/mol. The minimum atomic E-state index is -4.45. The Bertz CT molecular complexity index is 1180. The number of amides is 1. The maximum absolute atomic E-state index is 12.7. The lowest BCUT2D eigenvalue weighted by Crippen LogP contribution is -2.25. The van der Waals surface area contributed by atoms with E-state index in [1.54, 1.807) is 14.0 Å². The molecule has 0 radical (unpaired) electrons. The van der Waals surface area contributed by atoms with E-state index >= 15 is 0 Å². The zero-order valence-electron chi connectivity index (χ0n) is 14.9. The molecule has 0 saturated heterocycles. The van der Waals surface area contributed by atoms with Crippen molar-refractivity contribution in [3.63, 3.8) is 0 Å². The maximum atomic E-state index is 12.7. The lowest BCUT2D eigenvalue weighted by Gasteiger charge is -2.06. The first-order valence-corrected chi connectivity index (χ1v) is 8.17. The number of nitrogens with one attached hydrogen (secondary N) is 2. The van der Waals surface area contributed by atoms with Crippen molar-refractivity contribution in [2.24, 2.45) is 7.05 Å². The molecule has 0 fully saturated rings. The summed E-state index contributed by atoms with van der Waals surface area (Å²) in [5, 5.41) is 5.25. The second-order valence-electron chi connectivity index (χ2n) is 6.07. The number of aromatic amines is 1. The zero-order valence-corrected chi connectivity index (χ0v) is 14.9. The van der Waals surface area contributed by atoms with Gasteiger partial charge in [0.25, 0.3) is 11.5 Å². The summed E-state index contributed by atoms with van der Waals surface area (Å²) in [6.45, 7) is 1.60. The molecule has 0 saturated carbocycles. The lowest BCUT2D eigenvalue weighted by atomic mass is 10.1. The van der Waals surface area contributed by atoms with Crippen molar-refractivity contribution in [2.45, 2.75) is 13.1 Å². The molecule has 0 atom stereocenters. The topological polar surface area (TPSA) is 79.8 Å². The number of H-pyrrole nitrogens is 1. The summed E-state index contributed by atoms with van der Waals surface area (Å²) in [6, 6.07) is 6.11. The van der Waals surface area contributed by atoms with Crippen LogP contribution in [0.25, 0.3) is 11.0 Å². The number of benzene rings is 1. The Morgan fingerprint density at radius 1 is 1.32 bits per heavy atom. The van der Waals surface area contributed by atoms with Gasteiger partial charge in [0, 0.05) is 18.3 Å². The molecule has 2 aromatic heterocycles. The summed E-state index contributed by atoms with van der Waals surface area (Å²) in [5.74, 6) is 4.66. The van der Waals surface area contributed by atoms with Crippen LogP contribution in [-0.4, -0.2) is 27.2 Å². The highest BCUT2D eigenvalue weighted by molar-refractivity contribution is 6.05. The van der Waals surface area contributed by atoms with E-state index in [0.717, 1.165) is 12.1 Å². The molecule has 6 nitrogen and oxygen atoms in total. The van der Waals surface area contributed by atoms with Crippen molar-refractivity contribution in [2.75, 3.05) is 6.54 Å². The summed E-state index contributed by atoms with van der Waals surface area (Å²) in [7, 11) is 1.61. The number of aryl methyl sites for hydroxylation is 2. The van der Waals surface area contributed by atoms with Crippen LogP contribution in [-0.2, 0) is 13.2 Å². The predicted octanol–water partition coefficient (Wildman–Crippen LogP) is 2.37. The van der Waals surface area contributed by atoms with Gasteiger partial charge in [-0.3, -0.25) is 19.4 Å². The van der Waals surface area contributed by atoms with Gasteiger partial charge >= 0.3 is 6.18 Å². The zero-order chi connectivity index (χ0) is 20.5. The summed E-state index contributed by atoms with van der Waals surface area (Å²) in [5.41, 5.74) is 0.0231. The number of hydrogen-bond acceptors (Lipinski definition) is 3. The number of aromatic nitrogens is 3. The number of nitrogens with zero attached hydrogens (tertiary/aromatic N) is 2. The van der Waals surface area contributed by atoms with Crippen molar-refractivity contribution >= 4 is 16.9 Å². The molecule has 2 heterocycles. The van der Waals surface area contributed by atoms with Gasteiger partial charge in [-0.05, 0) is 31.2 Å². The summed E-state index contributed by atoms with van der Waals surface area (Å²) < 4.78 is 39.5. The minimum Gasteiger partial charge on any atom is -0.341 e. The number of rotatable bonds is 2. The third-order valence-corrected chi connectivity index (χ3v) is 3.95. The molecule has 3 rings (SSSR count). The Labute approximate surface area is 157 Å². The number of carbonyl (C=O) groups is 1. The van der Waals surface area contributed by atoms with E-state index in [-0.39, 0.29) is 23.1 Å². The van der Waals surface area contributed by atoms with Crippen LogP contribution < -0.4 is 10.9 Å². The molecule has 144 valence electrons. The maximum Gasteiger partial charge on any atom is 0.416 e. The average molecular weight is 388 g/mol. The van der Waals surface area contributed by atoms with Crippen LogP contribution in [0.15, 0.2) is 35.1 Å². The first-order chi connectivity index (χ1) is 13.2. The van der Waals surface area contributed by atoms with Crippen molar-refractivity contribution in [3.8, 4) is 11.8 Å². The minimum absolute atomic E-state index is 0.0946. The van der Waals surface area contributed by atoms with E-state index in [9.17, 15) is 22.8 Å². The van der Waals surface area contributed by atoms with Crippen LogP contribution in [0.4, 0.5) is 13.2 Å². The van der Waals surface area contributed by atoms with Gasteiger partial charge in [-0.15, -0.1) is 0 Å². The molecule has 0 unspecified atom stereocenters. The molecular formula is C19H15F3N4O2. The summed E-state index contributed by atoms with van der Waals surface area (Å²) >= 11 is 0. The fourth-order valence-corrected chi connectivity index (χ4v) is 2.70. The predicted molar refractivity (Wildman–Crippen MR) is 96.7 cm³/mol. The highest BCUT2D eigenvalue weighted by atomic mass is 19.4. The quantitative estimate of drug-likeness (QED) is 0.662. The van der Waals surface area contributed by atoms with Gasteiger partial charge in [-0.25, -0.2) is 4.98 Å². The summed E-state index contributed by atoms with van der Waals surface area (Å²) in [4.78, 5) is 28.7. The average Bonchev–Trinajstić information content (AvgIpc) is 2.91. The molecule has 0 aliphatic carbocycles. The van der Waals surface area contributed by atoms with E-state index in [0.29, 0.717) is 11.3 Å².